The van der Waals surface area contributed by atoms with E-state index in [1.54, 1.807) is 0 Å². The molecule has 0 saturated heterocycles. The Balaban J connectivity index is 1.93. The van der Waals surface area contributed by atoms with E-state index in [4.69, 9.17) is 15.2 Å². The van der Waals surface area contributed by atoms with Gasteiger partial charge >= 0.3 is 0 Å². The van der Waals surface area contributed by atoms with Crippen LogP contribution in [0.15, 0.2) is 42.5 Å². The van der Waals surface area contributed by atoms with Crippen molar-refractivity contribution in [3.63, 3.8) is 0 Å². The number of nitrogens with two attached hydrogens (primary N) is 1. The summed E-state index contributed by atoms with van der Waals surface area (Å²) >= 11 is 0. The van der Waals surface area contributed by atoms with Gasteiger partial charge in [0, 0.05) is 0 Å². The number of hydrogen-bond donors (Lipinski definition) is 1. The van der Waals surface area contributed by atoms with E-state index in [9.17, 15) is 0 Å². The maximum atomic E-state index is 6.19. The third-order valence-electron chi connectivity index (χ3n) is 3.52. The van der Waals surface area contributed by atoms with Crippen molar-refractivity contribution < 1.29 is 9.47 Å². The maximum absolute atomic E-state index is 6.19. The Bertz CT molecular complexity index is 578. The molecule has 112 valence electrons. The summed E-state index contributed by atoms with van der Waals surface area (Å²) in [6.07, 6.45) is 0. The standard InChI is InChI=1S/C18H23NO2/c1-4-20-16-7-9-17(10-8-16)21-12-18(19)15-6-5-13(2)14(3)11-15/h5-11,18H,4,12,19H2,1-3H3. The van der Waals surface area contributed by atoms with E-state index >= 15 is 0 Å². The number of ether oxygens (including phenoxy) is 2. The minimum Gasteiger partial charge on any atom is -0.494 e. The average molecular weight is 285 g/mol. The Morgan fingerprint density at radius 2 is 1.52 bits per heavy atom. The van der Waals surface area contributed by atoms with E-state index < -0.39 is 0 Å². The van der Waals surface area contributed by atoms with Crippen molar-refractivity contribution in [2.75, 3.05) is 13.2 Å². The molecule has 0 saturated carbocycles. The second kappa shape index (κ2) is 7.14. The van der Waals surface area contributed by atoms with Crippen LogP contribution in [0.25, 0.3) is 0 Å². The molecule has 2 aromatic carbocycles. The van der Waals surface area contributed by atoms with E-state index in [2.05, 4.69) is 32.0 Å². The molecule has 0 bridgehead atoms. The first-order chi connectivity index (χ1) is 10.1. The molecule has 0 aliphatic rings. The summed E-state index contributed by atoms with van der Waals surface area (Å²) in [6.45, 7) is 7.28. The largest absolute Gasteiger partial charge is 0.494 e. The smallest absolute Gasteiger partial charge is 0.119 e. The van der Waals surface area contributed by atoms with Crippen molar-refractivity contribution in [1.82, 2.24) is 0 Å². The highest BCUT2D eigenvalue weighted by molar-refractivity contribution is 5.33. The Kier molecular flexibility index (Phi) is 5.23. The molecule has 0 fully saturated rings. The van der Waals surface area contributed by atoms with Gasteiger partial charge in [0.15, 0.2) is 0 Å². The summed E-state index contributed by atoms with van der Waals surface area (Å²) in [5.41, 5.74) is 9.82. The number of aryl methyl sites for hydroxylation is 2. The number of rotatable bonds is 6. The fourth-order valence-corrected chi connectivity index (χ4v) is 2.08. The molecule has 2 aromatic rings. The lowest BCUT2D eigenvalue weighted by Crippen LogP contribution is -2.19. The zero-order chi connectivity index (χ0) is 15.2. The molecule has 3 heteroatoms. The molecule has 0 amide bonds. The van der Waals surface area contributed by atoms with Gasteiger partial charge in [-0.05, 0) is 61.7 Å². The fraction of sp³-hybridized carbons (Fsp3) is 0.333. The van der Waals surface area contributed by atoms with Crippen LogP contribution in [0.1, 0.15) is 29.7 Å². The highest BCUT2D eigenvalue weighted by atomic mass is 16.5. The molecule has 1 unspecified atom stereocenters. The molecule has 0 aliphatic carbocycles. The monoisotopic (exact) mass is 285 g/mol. The van der Waals surface area contributed by atoms with Gasteiger partial charge in [-0.2, -0.15) is 0 Å². The SMILES string of the molecule is CCOc1ccc(OCC(N)c2ccc(C)c(C)c2)cc1. The molecule has 2 N–H and O–H groups in total. The van der Waals surface area contributed by atoms with E-state index in [-0.39, 0.29) is 6.04 Å². The normalized spacial score (nSPS) is 12.0. The molecule has 21 heavy (non-hydrogen) atoms. The van der Waals surface area contributed by atoms with Crippen molar-refractivity contribution in [3.05, 3.63) is 59.2 Å². The first-order valence-electron chi connectivity index (χ1n) is 7.28. The second-order valence-corrected chi connectivity index (χ2v) is 5.17. The Labute approximate surface area is 126 Å². The number of hydrogen-bond acceptors (Lipinski definition) is 3. The molecule has 0 heterocycles. The minimum atomic E-state index is -0.129. The van der Waals surface area contributed by atoms with Gasteiger partial charge in [-0.15, -0.1) is 0 Å². The van der Waals surface area contributed by atoms with Gasteiger partial charge in [0.2, 0.25) is 0 Å². The third kappa shape index (κ3) is 4.23. The van der Waals surface area contributed by atoms with Gasteiger partial charge in [0.1, 0.15) is 18.1 Å². The summed E-state index contributed by atoms with van der Waals surface area (Å²) in [4.78, 5) is 0. The van der Waals surface area contributed by atoms with E-state index in [0.29, 0.717) is 13.2 Å². The van der Waals surface area contributed by atoms with Crippen molar-refractivity contribution in [2.45, 2.75) is 26.8 Å². The van der Waals surface area contributed by atoms with Gasteiger partial charge in [-0.3, -0.25) is 0 Å². The molecule has 1 atom stereocenters. The lowest BCUT2D eigenvalue weighted by Gasteiger charge is -2.15. The molecule has 0 spiro atoms. The molecular weight excluding hydrogens is 262 g/mol. The first-order valence-corrected chi connectivity index (χ1v) is 7.28. The van der Waals surface area contributed by atoms with Crippen molar-refractivity contribution in [3.8, 4) is 11.5 Å². The summed E-state index contributed by atoms with van der Waals surface area (Å²) in [5, 5.41) is 0. The average Bonchev–Trinajstić information content (AvgIpc) is 2.49. The van der Waals surface area contributed by atoms with Gasteiger partial charge in [0.05, 0.1) is 12.6 Å². The predicted octanol–water partition coefficient (Wildman–Crippen LogP) is 3.78. The molecule has 0 aliphatic heterocycles. The lowest BCUT2D eigenvalue weighted by atomic mass is 10.0. The Hall–Kier alpha value is -2.00. The fourth-order valence-electron chi connectivity index (χ4n) is 2.08. The van der Waals surface area contributed by atoms with Crippen LogP contribution in [0.5, 0.6) is 11.5 Å². The van der Waals surface area contributed by atoms with Crippen molar-refractivity contribution >= 4 is 0 Å². The molecule has 0 radical (unpaired) electrons. The van der Waals surface area contributed by atoms with Crippen LogP contribution in [0.2, 0.25) is 0 Å². The zero-order valence-corrected chi connectivity index (χ0v) is 12.9. The summed E-state index contributed by atoms with van der Waals surface area (Å²) in [5.74, 6) is 1.65. The highest BCUT2D eigenvalue weighted by Gasteiger charge is 2.08. The van der Waals surface area contributed by atoms with Crippen LogP contribution in [0.4, 0.5) is 0 Å². The summed E-state index contributed by atoms with van der Waals surface area (Å²) in [6, 6.07) is 13.8. The van der Waals surface area contributed by atoms with Crippen LogP contribution in [0, 0.1) is 13.8 Å². The Morgan fingerprint density at radius 1 is 0.905 bits per heavy atom. The van der Waals surface area contributed by atoms with Gasteiger partial charge in [0.25, 0.3) is 0 Å². The molecule has 2 rings (SSSR count). The quantitative estimate of drug-likeness (QED) is 0.878. The van der Waals surface area contributed by atoms with Crippen molar-refractivity contribution in [2.24, 2.45) is 5.73 Å². The highest BCUT2D eigenvalue weighted by Crippen LogP contribution is 2.20. The molecular formula is C18H23NO2. The van der Waals surface area contributed by atoms with Crippen LogP contribution in [-0.2, 0) is 0 Å². The minimum absolute atomic E-state index is 0.129. The van der Waals surface area contributed by atoms with Crippen LogP contribution in [-0.4, -0.2) is 13.2 Å². The summed E-state index contributed by atoms with van der Waals surface area (Å²) in [7, 11) is 0. The van der Waals surface area contributed by atoms with Crippen LogP contribution < -0.4 is 15.2 Å². The Morgan fingerprint density at radius 3 is 2.10 bits per heavy atom. The van der Waals surface area contributed by atoms with Crippen LogP contribution >= 0.6 is 0 Å². The molecule has 0 aromatic heterocycles. The number of benzene rings is 2. The van der Waals surface area contributed by atoms with E-state index in [0.717, 1.165) is 17.1 Å². The topological polar surface area (TPSA) is 44.5 Å². The van der Waals surface area contributed by atoms with E-state index in [1.807, 2.05) is 31.2 Å². The maximum Gasteiger partial charge on any atom is 0.119 e. The van der Waals surface area contributed by atoms with Gasteiger partial charge in [-0.1, -0.05) is 18.2 Å². The van der Waals surface area contributed by atoms with Crippen molar-refractivity contribution in [1.29, 1.82) is 0 Å². The first kappa shape index (κ1) is 15.4. The second-order valence-electron chi connectivity index (χ2n) is 5.17. The van der Waals surface area contributed by atoms with Gasteiger partial charge < -0.3 is 15.2 Å². The summed E-state index contributed by atoms with van der Waals surface area (Å²) < 4.78 is 11.1. The zero-order valence-electron chi connectivity index (χ0n) is 12.9. The van der Waals surface area contributed by atoms with E-state index in [1.165, 1.54) is 11.1 Å². The lowest BCUT2D eigenvalue weighted by molar-refractivity contribution is 0.289. The van der Waals surface area contributed by atoms with Gasteiger partial charge in [-0.25, -0.2) is 0 Å². The van der Waals surface area contributed by atoms with Crippen LogP contribution in [0.3, 0.4) is 0 Å². The molecule has 3 nitrogen and oxygen atoms in total. The third-order valence-corrected chi connectivity index (χ3v) is 3.52. The predicted molar refractivity (Wildman–Crippen MR) is 86.0 cm³/mol.